The molecular formula is C39H41FO6S. The fourth-order valence-corrected chi connectivity index (χ4v) is 7.44. The number of hydrogen-bond donors (Lipinski definition) is 0. The first-order valence-corrected chi connectivity index (χ1v) is 17.3. The lowest BCUT2D eigenvalue weighted by Gasteiger charge is -2.43. The zero-order valence-electron chi connectivity index (χ0n) is 26.8. The van der Waals surface area contributed by atoms with Crippen LogP contribution < -0.4 is 0 Å². The number of aryl methyl sites for hydroxylation is 1. The first-order valence-electron chi connectivity index (χ1n) is 16.3. The van der Waals surface area contributed by atoms with Gasteiger partial charge in [-0.15, -0.1) is 11.8 Å². The van der Waals surface area contributed by atoms with E-state index in [1.807, 2.05) is 78.5 Å². The van der Waals surface area contributed by atoms with E-state index in [1.165, 1.54) is 21.6 Å². The zero-order valence-corrected chi connectivity index (χ0v) is 27.6. The van der Waals surface area contributed by atoms with Gasteiger partial charge in [-0.2, -0.15) is 0 Å². The van der Waals surface area contributed by atoms with Crippen molar-refractivity contribution in [2.24, 2.45) is 0 Å². The predicted molar refractivity (Wildman–Crippen MR) is 180 cm³/mol. The Morgan fingerprint density at radius 2 is 1.43 bits per heavy atom. The average Bonchev–Trinajstić information content (AvgIpc) is 3.54. The average molecular weight is 657 g/mol. The number of alkyl halides is 1. The molecule has 2 aliphatic heterocycles. The molecule has 2 heterocycles. The Morgan fingerprint density at radius 1 is 0.787 bits per heavy atom. The highest BCUT2D eigenvalue weighted by molar-refractivity contribution is 7.99. The summed E-state index contributed by atoms with van der Waals surface area (Å²) in [6.45, 7) is 4.12. The van der Waals surface area contributed by atoms with Gasteiger partial charge in [0.1, 0.15) is 31.0 Å². The third-order valence-corrected chi connectivity index (χ3v) is 9.93. The molecule has 246 valence electrons. The molecule has 0 aromatic heterocycles. The summed E-state index contributed by atoms with van der Waals surface area (Å²) < 4.78 is 46.2. The molecule has 0 radical (unpaired) electrons. The van der Waals surface area contributed by atoms with Crippen LogP contribution in [0.15, 0.2) is 108 Å². The van der Waals surface area contributed by atoms with E-state index in [4.69, 9.17) is 23.7 Å². The highest BCUT2D eigenvalue weighted by atomic mass is 32.2. The summed E-state index contributed by atoms with van der Waals surface area (Å²) in [5.74, 6) is 1.16. The number of carbonyl (C=O) groups is 1. The number of ether oxygens (including phenoxy) is 5. The monoisotopic (exact) mass is 656 g/mol. The number of thioether (sulfide) groups is 1. The van der Waals surface area contributed by atoms with Gasteiger partial charge in [0.2, 0.25) is 0 Å². The molecule has 6 rings (SSSR count). The molecule has 6 atom stereocenters. The number of carbonyl (C=O) groups excluding carboxylic acids is 1. The maximum atomic E-state index is 16.5. The summed E-state index contributed by atoms with van der Waals surface area (Å²) in [5, 5.41) is 0. The molecule has 4 aromatic rings. The second-order valence-electron chi connectivity index (χ2n) is 11.8. The molecule has 0 saturated carbocycles. The quantitative estimate of drug-likeness (QED) is 0.142. The van der Waals surface area contributed by atoms with Gasteiger partial charge in [0, 0.05) is 16.6 Å². The Bertz CT molecular complexity index is 1580. The molecule has 0 N–H and O–H groups in total. The molecule has 0 aliphatic carbocycles. The number of hydrogen-bond acceptors (Lipinski definition) is 7. The van der Waals surface area contributed by atoms with Gasteiger partial charge in [-0.3, -0.25) is 0 Å². The van der Waals surface area contributed by atoms with Gasteiger partial charge < -0.3 is 23.7 Å². The number of benzene rings is 4. The first-order chi connectivity index (χ1) is 23.0. The van der Waals surface area contributed by atoms with E-state index in [0.29, 0.717) is 0 Å². The molecule has 1 fully saturated rings. The van der Waals surface area contributed by atoms with Gasteiger partial charge in [0.05, 0.1) is 19.8 Å². The summed E-state index contributed by atoms with van der Waals surface area (Å²) in [6.07, 6.45) is -5.09. The van der Waals surface area contributed by atoms with Crippen LogP contribution in [0.2, 0.25) is 0 Å². The lowest BCUT2D eigenvalue weighted by Crippen LogP contribution is -2.55. The smallest absolute Gasteiger partial charge is 0.435 e. The standard InChI is InChI=1S/C39H41FO6S/c1-3-26-15-17-29(18-16-26)32-25-47-34-20-19-30(21-31(32)34)36-38(44-23-28-13-9-6-10-14-28)37(43-22-27-11-7-5-8-12-27)35(40)33(46-36)24-45-39(41)42-4-2/h5-21,32-33,35-38H,3-4,22-25H2,1-2H3/t32-,33?,35?,36?,37?,38?/m0/s1. The minimum Gasteiger partial charge on any atom is -0.435 e. The minimum absolute atomic E-state index is 0.153. The number of rotatable bonds is 12. The molecule has 6 nitrogen and oxygen atoms in total. The Kier molecular flexibility index (Phi) is 11.3. The van der Waals surface area contributed by atoms with Crippen LogP contribution in [0.5, 0.6) is 0 Å². The van der Waals surface area contributed by atoms with Gasteiger partial charge in [-0.05, 0) is 52.8 Å². The normalized spacial score (nSPS) is 23.6. The van der Waals surface area contributed by atoms with E-state index in [2.05, 4.69) is 43.3 Å². The highest BCUT2D eigenvalue weighted by Gasteiger charge is 2.49. The van der Waals surface area contributed by atoms with E-state index in [-0.39, 0.29) is 32.3 Å². The third-order valence-electron chi connectivity index (χ3n) is 8.74. The molecule has 0 bridgehead atoms. The number of fused-ring (bicyclic) bond motifs is 1. The summed E-state index contributed by atoms with van der Waals surface area (Å²) in [5.41, 5.74) is 6.51. The van der Waals surface area contributed by atoms with Crippen molar-refractivity contribution in [2.45, 2.75) is 74.9 Å². The molecule has 47 heavy (non-hydrogen) atoms. The van der Waals surface area contributed by atoms with Gasteiger partial charge >= 0.3 is 6.16 Å². The molecule has 1 saturated heterocycles. The first kappa shape index (κ1) is 33.2. The van der Waals surface area contributed by atoms with Crippen molar-refractivity contribution in [2.75, 3.05) is 19.0 Å². The molecule has 2 aliphatic rings. The van der Waals surface area contributed by atoms with Crippen LogP contribution in [0.1, 0.15) is 59.3 Å². The van der Waals surface area contributed by atoms with Crippen LogP contribution in [0, 0.1) is 0 Å². The Labute approximate surface area is 280 Å². The fraction of sp³-hybridized carbons (Fsp3) is 0.359. The molecule has 5 unspecified atom stereocenters. The van der Waals surface area contributed by atoms with Crippen LogP contribution in [0.3, 0.4) is 0 Å². The molecule has 4 aromatic carbocycles. The SMILES string of the molecule is CCOC(=O)OCC1OC(c2ccc3c(c2)[C@H](c2ccc(CC)cc2)CS3)C(OCc2ccccc2)C(OCc2ccccc2)C1F. The van der Waals surface area contributed by atoms with Gasteiger partial charge in [-0.25, -0.2) is 9.18 Å². The van der Waals surface area contributed by atoms with Crippen molar-refractivity contribution < 1.29 is 32.9 Å². The Morgan fingerprint density at radius 3 is 2.06 bits per heavy atom. The lowest BCUT2D eigenvalue weighted by atomic mass is 9.87. The number of halogens is 1. The molecular weight excluding hydrogens is 615 g/mol. The maximum absolute atomic E-state index is 16.5. The van der Waals surface area contributed by atoms with Gasteiger partial charge in [0.25, 0.3) is 0 Å². The van der Waals surface area contributed by atoms with E-state index in [9.17, 15) is 4.79 Å². The fourth-order valence-electron chi connectivity index (χ4n) is 6.19. The van der Waals surface area contributed by atoms with Crippen molar-refractivity contribution in [3.63, 3.8) is 0 Å². The topological polar surface area (TPSA) is 63.2 Å². The van der Waals surface area contributed by atoms with Gasteiger partial charge in [0.15, 0.2) is 6.17 Å². The van der Waals surface area contributed by atoms with Crippen LogP contribution in [-0.2, 0) is 43.3 Å². The highest BCUT2D eigenvalue weighted by Crippen LogP contribution is 2.46. The summed E-state index contributed by atoms with van der Waals surface area (Å²) in [4.78, 5) is 13.3. The maximum Gasteiger partial charge on any atom is 0.508 e. The second kappa shape index (κ2) is 15.9. The van der Waals surface area contributed by atoms with Crippen molar-refractivity contribution in [1.82, 2.24) is 0 Å². The lowest BCUT2D eigenvalue weighted by molar-refractivity contribution is -0.246. The zero-order chi connectivity index (χ0) is 32.6. The predicted octanol–water partition coefficient (Wildman–Crippen LogP) is 8.61. The van der Waals surface area contributed by atoms with Crippen LogP contribution in [0.25, 0.3) is 0 Å². The molecule has 8 heteroatoms. The largest absolute Gasteiger partial charge is 0.508 e. The van der Waals surface area contributed by atoms with Crippen LogP contribution in [-0.4, -0.2) is 49.6 Å². The summed E-state index contributed by atoms with van der Waals surface area (Å²) in [6, 6.07) is 34.6. The summed E-state index contributed by atoms with van der Waals surface area (Å²) >= 11 is 1.84. The van der Waals surface area contributed by atoms with Crippen LogP contribution in [0.4, 0.5) is 9.18 Å². The molecule has 0 spiro atoms. The van der Waals surface area contributed by atoms with E-state index >= 15 is 4.39 Å². The summed E-state index contributed by atoms with van der Waals surface area (Å²) in [7, 11) is 0. The van der Waals surface area contributed by atoms with Crippen molar-refractivity contribution >= 4 is 17.9 Å². The van der Waals surface area contributed by atoms with Crippen molar-refractivity contribution in [3.8, 4) is 0 Å². The third kappa shape index (κ3) is 8.07. The van der Waals surface area contributed by atoms with E-state index in [1.54, 1.807) is 6.92 Å². The van der Waals surface area contributed by atoms with Crippen LogP contribution >= 0.6 is 11.8 Å². The van der Waals surface area contributed by atoms with Gasteiger partial charge in [-0.1, -0.05) is 104 Å². The van der Waals surface area contributed by atoms with Crippen molar-refractivity contribution in [1.29, 1.82) is 0 Å². The Balaban J connectivity index is 1.34. The molecule has 0 amide bonds. The minimum atomic E-state index is -1.64. The Hall–Kier alpha value is -3.69. The van der Waals surface area contributed by atoms with Crippen molar-refractivity contribution in [3.05, 3.63) is 137 Å². The second-order valence-corrected chi connectivity index (χ2v) is 12.9. The van der Waals surface area contributed by atoms with E-state index in [0.717, 1.165) is 28.9 Å². The van der Waals surface area contributed by atoms with E-state index < -0.39 is 36.7 Å².